The van der Waals surface area contributed by atoms with Crippen LogP contribution in [0.3, 0.4) is 0 Å². The third kappa shape index (κ3) is 3.37. The first-order valence-corrected chi connectivity index (χ1v) is 13.9. The van der Waals surface area contributed by atoms with E-state index in [2.05, 4.69) is 13.1 Å². The van der Waals surface area contributed by atoms with Gasteiger partial charge in [-0.2, -0.15) is 0 Å². The molecule has 2 aromatic heterocycles. The summed E-state index contributed by atoms with van der Waals surface area (Å²) >= 11 is 0. The van der Waals surface area contributed by atoms with E-state index < -0.39 is 36.8 Å². The molecule has 2 aromatic carbocycles. The average Bonchev–Trinajstić information content (AvgIpc) is 2.78. The van der Waals surface area contributed by atoms with Gasteiger partial charge < -0.3 is 0 Å². The van der Waals surface area contributed by atoms with Crippen molar-refractivity contribution in [3.63, 3.8) is 0 Å². The molecule has 0 saturated heterocycles. The number of hydrogen-bond acceptors (Lipinski definition) is 2. The predicted octanol–water partition coefficient (Wildman–Crippen LogP) is 5.83. The molecule has 1 aliphatic heterocycles. The third-order valence-corrected chi connectivity index (χ3v) is 9.91. The highest BCUT2D eigenvalue weighted by Crippen LogP contribution is 2.39. The van der Waals surface area contributed by atoms with Gasteiger partial charge in [-0.25, -0.2) is 17.6 Å². The lowest BCUT2D eigenvalue weighted by atomic mass is 9.76. The Kier molecular flexibility index (Phi) is 5.02. The molecule has 34 heavy (non-hydrogen) atoms. The summed E-state index contributed by atoms with van der Waals surface area (Å²) in [5, 5.41) is 1.52. The van der Waals surface area contributed by atoms with Crippen molar-refractivity contribution in [2.45, 2.75) is 32.4 Å². The van der Waals surface area contributed by atoms with Crippen molar-refractivity contribution < 1.29 is 17.6 Å². The lowest BCUT2D eigenvalue weighted by Crippen LogP contribution is -2.55. The minimum Gasteiger partial charge on any atom is -0.257 e. The molecule has 5 rings (SSSR count). The van der Waals surface area contributed by atoms with Crippen LogP contribution in [0.5, 0.6) is 0 Å². The van der Waals surface area contributed by atoms with Crippen LogP contribution in [0, 0.1) is 23.3 Å². The molecule has 0 radical (unpaired) electrons. The Balaban J connectivity index is 1.93. The zero-order valence-electron chi connectivity index (χ0n) is 19.2. The van der Waals surface area contributed by atoms with Crippen LogP contribution in [0.15, 0.2) is 60.7 Å². The highest BCUT2D eigenvalue weighted by molar-refractivity contribution is 6.99. The first-order chi connectivity index (χ1) is 16.0. The molecular formula is C27H22F4N2Si. The molecule has 4 aromatic rings. The Bertz CT molecular complexity index is 1360. The van der Waals surface area contributed by atoms with E-state index in [1.807, 2.05) is 12.1 Å². The Labute approximate surface area is 196 Å². The van der Waals surface area contributed by atoms with Crippen molar-refractivity contribution >= 4 is 18.7 Å². The van der Waals surface area contributed by atoms with Gasteiger partial charge in [-0.3, -0.25) is 9.97 Å². The van der Waals surface area contributed by atoms with Crippen molar-refractivity contribution in [3.8, 4) is 22.5 Å². The largest absolute Gasteiger partial charge is 0.257 e. The van der Waals surface area contributed by atoms with E-state index in [9.17, 15) is 8.78 Å². The van der Waals surface area contributed by atoms with Gasteiger partial charge in [-0.15, -0.1) is 0 Å². The van der Waals surface area contributed by atoms with Gasteiger partial charge in [0.05, 0.1) is 11.4 Å². The molecule has 1 aliphatic rings. The van der Waals surface area contributed by atoms with Crippen LogP contribution in [0.25, 0.3) is 22.5 Å². The molecule has 0 atom stereocenters. The van der Waals surface area contributed by atoms with Gasteiger partial charge >= 0.3 is 0 Å². The zero-order valence-corrected chi connectivity index (χ0v) is 20.2. The van der Waals surface area contributed by atoms with Gasteiger partial charge in [0.25, 0.3) is 0 Å². The fourth-order valence-corrected chi connectivity index (χ4v) is 6.68. The highest BCUT2D eigenvalue weighted by atomic mass is 28.3. The van der Waals surface area contributed by atoms with Crippen molar-refractivity contribution in [2.75, 3.05) is 0 Å². The standard InChI is InChI=1S/C27H22F4N2Si/c1-27(2)17-11-15(19(28)13-21(17)30)23-7-5-9-25(32-23)34(3,4)26-10-6-8-24(33-26)16-12-18(27)22(31)14-20(16)29/h5-14H,1-4H3. The minimum absolute atomic E-state index is 0.0860. The summed E-state index contributed by atoms with van der Waals surface area (Å²) in [4.78, 5) is 9.51. The quantitative estimate of drug-likeness (QED) is 0.235. The Morgan fingerprint density at radius 2 is 1.03 bits per heavy atom. The van der Waals surface area contributed by atoms with Crippen LogP contribution in [0.2, 0.25) is 13.1 Å². The number of benzene rings is 2. The molecule has 3 heterocycles. The Morgan fingerprint density at radius 3 is 1.44 bits per heavy atom. The van der Waals surface area contributed by atoms with Gasteiger partial charge in [0.15, 0.2) is 8.07 Å². The maximum Gasteiger partial charge on any atom is 0.158 e. The Hall–Kier alpha value is -3.32. The van der Waals surface area contributed by atoms with E-state index in [0.717, 1.165) is 22.8 Å². The van der Waals surface area contributed by atoms with Gasteiger partial charge in [0.2, 0.25) is 0 Å². The maximum absolute atomic E-state index is 15.1. The molecule has 0 N–H and O–H groups in total. The summed E-state index contributed by atoms with van der Waals surface area (Å²) in [5.74, 6) is -3.13. The topological polar surface area (TPSA) is 25.8 Å². The molecule has 7 heteroatoms. The highest BCUT2D eigenvalue weighted by Gasteiger charge is 2.34. The third-order valence-electron chi connectivity index (χ3n) is 6.79. The van der Waals surface area contributed by atoms with Gasteiger partial charge in [0, 0.05) is 39.3 Å². The van der Waals surface area contributed by atoms with Crippen molar-refractivity contribution in [1.29, 1.82) is 0 Å². The average molecular weight is 479 g/mol. The fraction of sp³-hybridized carbons (Fsp3) is 0.185. The van der Waals surface area contributed by atoms with Gasteiger partial charge in [-0.1, -0.05) is 39.1 Å². The van der Waals surface area contributed by atoms with E-state index in [4.69, 9.17) is 9.97 Å². The molecule has 172 valence electrons. The summed E-state index contributed by atoms with van der Waals surface area (Å²) in [6.07, 6.45) is 0. The Morgan fingerprint density at radius 1 is 0.618 bits per heavy atom. The van der Waals surface area contributed by atoms with Crippen LogP contribution >= 0.6 is 0 Å². The SMILES string of the molecule is CC1(C)c2cc(c(F)cc2F)-c2cccc(n2)[Si](C)(C)c2cccc(n2)-c2cc1c(F)cc2F. The lowest BCUT2D eigenvalue weighted by molar-refractivity contribution is 0.502. The van der Waals surface area contributed by atoms with Crippen molar-refractivity contribution in [3.05, 3.63) is 95.1 Å². The normalized spacial score (nSPS) is 15.5. The van der Waals surface area contributed by atoms with E-state index in [0.29, 0.717) is 11.4 Å². The molecule has 0 saturated carbocycles. The van der Waals surface area contributed by atoms with Crippen LogP contribution < -0.4 is 10.6 Å². The summed E-state index contributed by atoms with van der Waals surface area (Å²) in [6.45, 7) is 7.36. The van der Waals surface area contributed by atoms with Crippen LogP contribution in [0.4, 0.5) is 17.6 Å². The zero-order chi connectivity index (χ0) is 24.4. The first-order valence-electron chi connectivity index (χ1n) is 10.9. The summed E-state index contributed by atoms with van der Waals surface area (Å²) in [6, 6.07) is 15.1. The molecule has 0 aliphatic carbocycles. The van der Waals surface area contributed by atoms with E-state index in [-0.39, 0.29) is 22.3 Å². The molecule has 0 spiro atoms. The molecule has 2 nitrogen and oxygen atoms in total. The second-order valence-electron chi connectivity index (χ2n) is 9.69. The molecule has 8 bridgehead atoms. The van der Waals surface area contributed by atoms with E-state index in [1.54, 1.807) is 38.1 Å². The summed E-state index contributed by atoms with van der Waals surface area (Å²) in [7, 11) is -2.48. The number of rotatable bonds is 0. The number of halogens is 4. The number of hydrogen-bond donors (Lipinski definition) is 0. The first kappa shape index (κ1) is 22.5. The van der Waals surface area contributed by atoms with Crippen LogP contribution in [-0.4, -0.2) is 18.0 Å². The van der Waals surface area contributed by atoms with E-state index >= 15 is 8.78 Å². The van der Waals surface area contributed by atoms with Gasteiger partial charge in [-0.05, 0) is 47.5 Å². The molecular weight excluding hydrogens is 456 g/mol. The molecule has 0 fully saturated rings. The molecule has 0 amide bonds. The number of nitrogens with zero attached hydrogens (tertiary/aromatic N) is 2. The summed E-state index contributed by atoms with van der Waals surface area (Å²) < 4.78 is 60.2. The minimum atomic E-state index is -2.48. The maximum atomic E-state index is 15.1. The smallest absolute Gasteiger partial charge is 0.158 e. The van der Waals surface area contributed by atoms with Crippen LogP contribution in [0.1, 0.15) is 25.0 Å². The van der Waals surface area contributed by atoms with Crippen LogP contribution in [-0.2, 0) is 5.41 Å². The summed E-state index contributed by atoms with van der Waals surface area (Å²) in [5.41, 5.74) is -0.102. The number of pyridine rings is 2. The lowest BCUT2D eigenvalue weighted by Gasteiger charge is -2.29. The predicted molar refractivity (Wildman–Crippen MR) is 128 cm³/mol. The second-order valence-corrected chi connectivity index (χ2v) is 14.0. The van der Waals surface area contributed by atoms with E-state index in [1.165, 1.54) is 12.1 Å². The van der Waals surface area contributed by atoms with Gasteiger partial charge in [0.1, 0.15) is 23.3 Å². The fourth-order valence-electron chi connectivity index (χ4n) is 4.59. The number of aromatic nitrogens is 2. The van der Waals surface area contributed by atoms with Crippen molar-refractivity contribution in [2.24, 2.45) is 0 Å². The second kappa shape index (κ2) is 7.60. The molecule has 0 unspecified atom stereocenters. The monoisotopic (exact) mass is 478 g/mol. The number of fused-ring (bicyclic) bond motifs is 10. The van der Waals surface area contributed by atoms with Crippen molar-refractivity contribution in [1.82, 2.24) is 9.97 Å².